The van der Waals surface area contributed by atoms with Gasteiger partial charge in [0.15, 0.2) is 11.5 Å². The summed E-state index contributed by atoms with van der Waals surface area (Å²) >= 11 is 12.5. The summed E-state index contributed by atoms with van der Waals surface area (Å²) in [5.41, 5.74) is 0.871. The van der Waals surface area contributed by atoms with Crippen molar-refractivity contribution in [3.63, 3.8) is 0 Å². The van der Waals surface area contributed by atoms with E-state index in [1.165, 1.54) is 6.07 Å². The number of alkyl halides is 3. The van der Waals surface area contributed by atoms with E-state index in [1.54, 1.807) is 51.1 Å². The highest BCUT2D eigenvalue weighted by Crippen LogP contribution is 2.33. The van der Waals surface area contributed by atoms with Gasteiger partial charge in [-0.05, 0) is 55.8 Å². The lowest BCUT2D eigenvalue weighted by molar-refractivity contribution is -0.145. The maximum Gasteiger partial charge on any atom is 0.455 e. The van der Waals surface area contributed by atoms with Crippen LogP contribution in [0.4, 0.5) is 18.9 Å². The van der Waals surface area contributed by atoms with Crippen molar-refractivity contribution in [2.24, 2.45) is 0 Å². The van der Waals surface area contributed by atoms with Crippen LogP contribution < -0.4 is 10.6 Å². The molecule has 0 atom stereocenters. The Balaban J connectivity index is 1.74. The Morgan fingerprint density at radius 3 is 2.49 bits per heavy atom. The van der Waals surface area contributed by atoms with Gasteiger partial charge in [0.1, 0.15) is 6.54 Å². The van der Waals surface area contributed by atoms with Crippen LogP contribution in [-0.4, -0.2) is 43.0 Å². The molecule has 10 nitrogen and oxygen atoms in total. The lowest BCUT2D eigenvalue weighted by Crippen LogP contribution is -2.31. The topological polar surface area (TPSA) is 128 Å². The van der Waals surface area contributed by atoms with Crippen molar-refractivity contribution in [1.82, 2.24) is 30.5 Å². The minimum atomic E-state index is -4.79. The number of amides is 2. The molecule has 0 aliphatic heterocycles. The van der Waals surface area contributed by atoms with Crippen molar-refractivity contribution in [3.05, 3.63) is 75.0 Å². The molecule has 4 aromatic rings. The van der Waals surface area contributed by atoms with E-state index in [0.29, 0.717) is 20.9 Å². The van der Waals surface area contributed by atoms with Crippen LogP contribution in [0, 0.1) is 6.92 Å². The van der Waals surface area contributed by atoms with Gasteiger partial charge in [-0.1, -0.05) is 35.3 Å². The van der Waals surface area contributed by atoms with Gasteiger partial charge < -0.3 is 15.1 Å². The predicted octanol–water partition coefficient (Wildman–Crippen LogP) is 5.40. The van der Waals surface area contributed by atoms with Crippen LogP contribution in [-0.2, 0) is 12.7 Å². The lowest BCUT2D eigenvalue weighted by Gasteiger charge is -2.16. The monoisotopic (exact) mass is 581 g/mol. The van der Waals surface area contributed by atoms with Crippen molar-refractivity contribution >= 4 is 40.7 Å². The molecule has 0 saturated carbocycles. The number of nitrogens with one attached hydrogen (secondary N) is 2. The summed E-state index contributed by atoms with van der Waals surface area (Å²) in [6.07, 6.45) is -4.79. The quantitative estimate of drug-likeness (QED) is 0.299. The maximum absolute atomic E-state index is 13.5. The fourth-order valence-corrected chi connectivity index (χ4v) is 4.05. The molecular weight excluding hydrogens is 562 g/mol. The van der Waals surface area contributed by atoms with E-state index in [0.717, 1.165) is 0 Å². The van der Waals surface area contributed by atoms with Crippen LogP contribution in [0.25, 0.3) is 11.3 Å². The molecule has 2 N–H and O–H groups in total. The van der Waals surface area contributed by atoms with Crippen molar-refractivity contribution in [3.8, 4) is 11.3 Å². The van der Waals surface area contributed by atoms with Crippen molar-refractivity contribution in [2.45, 2.75) is 39.5 Å². The minimum Gasteiger partial charge on any atom is -0.438 e. The van der Waals surface area contributed by atoms with E-state index in [1.807, 2.05) is 0 Å². The Hall–Kier alpha value is -3.97. The zero-order valence-electron chi connectivity index (χ0n) is 20.6. The van der Waals surface area contributed by atoms with Crippen LogP contribution in [0.5, 0.6) is 0 Å². The molecule has 0 aliphatic rings. The Labute approximate surface area is 229 Å². The summed E-state index contributed by atoms with van der Waals surface area (Å²) in [4.78, 5) is 31.2. The maximum atomic E-state index is 13.5. The average molecular weight is 582 g/mol. The average Bonchev–Trinajstić information content (AvgIpc) is 3.48. The molecule has 0 radical (unpaired) electrons. The summed E-state index contributed by atoms with van der Waals surface area (Å²) in [5, 5.41) is 15.6. The van der Waals surface area contributed by atoms with Crippen LogP contribution in [0.2, 0.25) is 10.0 Å². The van der Waals surface area contributed by atoms with E-state index in [-0.39, 0.29) is 39.7 Å². The second kappa shape index (κ2) is 11.0. The number of oxazole rings is 1. The number of tetrazole rings is 1. The lowest BCUT2D eigenvalue weighted by atomic mass is 10.1. The van der Waals surface area contributed by atoms with Gasteiger partial charge in [-0.3, -0.25) is 9.59 Å². The molecule has 0 bridgehead atoms. The number of hydrogen-bond acceptors (Lipinski definition) is 7. The molecule has 0 spiro atoms. The number of benzene rings is 2. The number of hydrogen-bond donors (Lipinski definition) is 2. The van der Waals surface area contributed by atoms with Gasteiger partial charge in [-0.15, -0.1) is 10.2 Å². The van der Waals surface area contributed by atoms with Gasteiger partial charge in [0, 0.05) is 16.6 Å². The molecule has 0 unspecified atom stereocenters. The van der Waals surface area contributed by atoms with Crippen molar-refractivity contribution < 1.29 is 27.2 Å². The minimum absolute atomic E-state index is 0.0518. The van der Waals surface area contributed by atoms with Gasteiger partial charge in [0.05, 0.1) is 16.3 Å². The van der Waals surface area contributed by atoms with Crippen LogP contribution in [0.1, 0.15) is 52.0 Å². The number of aromatic nitrogens is 5. The molecule has 2 heterocycles. The van der Waals surface area contributed by atoms with Gasteiger partial charge in [0.25, 0.3) is 17.6 Å². The van der Waals surface area contributed by atoms with E-state index in [9.17, 15) is 22.8 Å². The standard InChI is InChI=1S/C24H20Cl2F3N7O3/c1-11(2)30-21(37)15-9-13(25)8-12(3)18(15)32-22(38)19-20(14-6-4-5-7-16(14)26)39-17(31-19)10-36-34-23(33-35-36)24(27,28)29/h4-9,11H,10H2,1-3H3,(H,30,37)(H,32,38). The fourth-order valence-electron chi connectivity index (χ4n) is 3.56. The zero-order chi connectivity index (χ0) is 28.5. The molecule has 2 amide bonds. The molecule has 2 aromatic carbocycles. The number of carbonyl (C=O) groups is 2. The van der Waals surface area contributed by atoms with E-state index in [2.05, 4.69) is 31.0 Å². The highest BCUT2D eigenvalue weighted by Gasteiger charge is 2.37. The number of rotatable bonds is 7. The summed E-state index contributed by atoms with van der Waals surface area (Å²) in [7, 11) is 0. The molecule has 4 rings (SSSR count). The Morgan fingerprint density at radius 1 is 1.13 bits per heavy atom. The first-order valence-electron chi connectivity index (χ1n) is 11.4. The summed E-state index contributed by atoms with van der Waals surface area (Å²) in [5.74, 6) is -2.91. The third-order valence-electron chi connectivity index (χ3n) is 5.19. The molecular formula is C24H20Cl2F3N7O3. The first-order valence-corrected chi connectivity index (χ1v) is 12.1. The molecule has 0 fully saturated rings. The molecule has 39 heavy (non-hydrogen) atoms. The number of carbonyl (C=O) groups excluding carboxylic acids is 2. The number of anilines is 1. The Bertz CT molecular complexity index is 1550. The highest BCUT2D eigenvalue weighted by atomic mass is 35.5. The third kappa shape index (κ3) is 6.37. The Kier molecular flexibility index (Phi) is 7.93. The highest BCUT2D eigenvalue weighted by molar-refractivity contribution is 6.33. The Morgan fingerprint density at radius 2 is 1.85 bits per heavy atom. The molecule has 204 valence electrons. The second-order valence-corrected chi connectivity index (χ2v) is 9.48. The number of halogens is 5. The van der Waals surface area contributed by atoms with E-state index >= 15 is 0 Å². The van der Waals surface area contributed by atoms with Crippen molar-refractivity contribution in [1.29, 1.82) is 0 Å². The largest absolute Gasteiger partial charge is 0.455 e. The molecule has 2 aromatic heterocycles. The molecule has 0 aliphatic carbocycles. The predicted molar refractivity (Wildman–Crippen MR) is 136 cm³/mol. The summed E-state index contributed by atoms with van der Waals surface area (Å²) < 4.78 is 44.4. The number of nitrogens with zero attached hydrogens (tertiary/aromatic N) is 5. The zero-order valence-corrected chi connectivity index (χ0v) is 22.1. The fraction of sp³-hybridized carbons (Fsp3) is 0.250. The van der Waals surface area contributed by atoms with Crippen molar-refractivity contribution in [2.75, 3.05) is 5.32 Å². The van der Waals surface area contributed by atoms with Gasteiger partial charge >= 0.3 is 6.18 Å². The SMILES string of the molecule is Cc1cc(Cl)cc(C(=O)NC(C)C)c1NC(=O)c1nc(Cn2nnc(C(F)(F)F)n2)oc1-c1ccccc1Cl. The van der Waals surface area contributed by atoms with Gasteiger partial charge in [-0.2, -0.15) is 18.0 Å². The summed E-state index contributed by atoms with van der Waals surface area (Å²) in [6, 6.07) is 9.25. The molecule has 0 saturated heterocycles. The third-order valence-corrected chi connectivity index (χ3v) is 5.74. The molecule has 15 heteroatoms. The summed E-state index contributed by atoms with van der Waals surface area (Å²) in [6.45, 7) is 4.76. The van der Waals surface area contributed by atoms with Crippen LogP contribution in [0.3, 0.4) is 0 Å². The normalized spacial score (nSPS) is 11.6. The van der Waals surface area contributed by atoms with Crippen LogP contribution in [0.15, 0.2) is 40.8 Å². The van der Waals surface area contributed by atoms with Crippen LogP contribution >= 0.6 is 23.2 Å². The first-order chi connectivity index (χ1) is 18.3. The van der Waals surface area contributed by atoms with Gasteiger partial charge in [0.2, 0.25) is 5.89 Å². The smallest absolute Gasteiger partial charge is 0.438 e. The second-order valence-electron chi connectivity index (χ2n) is 8.63. The van der Waals surface area contributed by atoms with E-state index in [4.69, 9.17) is 27.6 Å². The number of aryl methyl sites for hydroxylation is 1. The first kappa shape index (κ1) is 28.0. The van der Waals surface area contributed by atoms with E-state index < -0.39 is 30.4 Å². The van der Waals surface area contributed by atoms with Gasteiger partial charge in [-0.25, -0.2) is 4.98 Å².